The van der Waals surface area contributed by atoms with Crippen LogP contribution in [-0.4, -0.2) is 4.57 Å². The zero-order valence-corrected chi connectivity index (χ0v) is 5.96. The van der Waals surface area contributed by atoms with Crippen LogP contribution in [0.25, 0.3) is 6.20 Å². The Morgan fingerprint density at radius 1 is 1.60 bits per heavy atom. The van der Waals surface area contributed by atoms with E-state index in [-0.39, 0.29) is 0 Å². The second-order valence-corrected chi connectivity index (χ2v) is 2.80. The topological polar surface area (TPSA) is 4.93 Å². The van der Waals surface area contributed by atoms with E-state index in [0.717, 1.165) is 5.92 Å². The molecule has 0 spiro atoms. The maximum atomic E-state index is 3.74. The first-order valence-electron chi connectivity index (χ1n) is 3.71. The van der Waals surface area contributed by atoms with E-state index in [1.54, 1.807) is 0 Å². The maximum Gasteiger partial charge on any atom is 0.0251 e. The molecule has 10 heavy (non-hydrogen) atoms. The number of hydrogen-bond acceptors (Lipinski definition) is 0. The van der Waals surface area contributed by atoms with Crippen molar-refractivity contribution >= 4 is 6.20 Å². The molecule has 1 aliphatic carbocycles. The van der Waals surface area contributed by atoms with Crippen LogP contribution in [0.2, 0.25) is 0 Å². The predicted molar refractivity (Wildman–Crippen MR) is 42.8 cm³/mol. The molecule has 0 atom stereocenters. The Labute approximate surface area is 61.0 Å². The van der Waals surface area contributed by atoms with Crippen molar-refractivity contribution in [3.63, 3.8) is 0 Å². The molecule has 0 aliphatic heterocycles. The zero-order chi connectivity index (χ0) is 6.97. The molecule has 1 fully saturated rings. The standard InChI is InChI=1S/C9H11N/c1-2-10-7-3-4-9(10)8-5-6-8/h2-4,7-8H,1,5-6H2. The zero-order valence-electron chi connectivity index (χ0n) is 5.96. The largest absolute Gasteiger partial charge is 0.328 e. The second-order valence-electron chi connectivity index (χ2n) is 2.80. The van der Waals surface area contributed by atoms with E-state index in [1.807, 2.05) is 6.20 Å². The molecule has 1 aromatic rings. The van der Waals surface area contributed by atoms with Gasteiger partial charge in [-0.1, -0.05) is 6.58 Å². The predicted octanol–water partition coefficient (Wildman–Crippen LogP) is 2.47. The first-order chi connectivity index (χ1) is 4.92. The van der Waals surface area contributed by atoms with Crippen LogP contribution in [-0.2, 0) is 0 Å². The molecule has 0 N–H and O–H groups in total. The van der Waals surface area contributed by atoms with Crippen molar-refractivity contribution in [3.05, 3.63) is 30.6 Å². The second kappa shape index (κ2) is 2.01. The molecule has 1 aromatic heterocycles. The molecular weight excluding hydrogens is 122 g/mol. The van der Waals surface area contributed by atoms with E-state index in [0.29, 0.717) is 0 Å². The van der Waals surface area contributed by atoms with E-state index in [9.17, 15) is 0 Å². The summed E-state index contributed by atoms with van der Waals surface area (Å²) in [4.78, 5) is 0. The van der Waals surface area contributed by atoms with E-state index < -0.39 is 0 Å². The number of rotatable bonds is 2. The van der Waals surface area contributed by atoms with Crippen LogP contribution < -0.4 is 0 Å². The highest BCUT2D eigenvalue weighted by Gasteiger charge is 2.25. The van der Waals surface area contributed by atoms with Crippen LogP contribution in [0.15, 0.2) is 24.9 Å². The Balaban J connectivity index is 2.37. The lowest BCUT2D eigenvalue weighted by Crippen LogP contribution is -1.88. The van der Waals surface area contributed by atoms with Crippen molar-refractivity contribution in [1.82, 2.24) is 4.57 Å². The average Bonchev–Trinajstić information content (AvgIpc) is 2.69. The van der Waals surface area contributed by atoms with Gasteiger partial charge in [-0.25, -0.2) is 0 Å². The summed E-state index contributed by atoms with van der Waals surface area (Å²) >= 11 is 0. The fourth-order valence-electron chi connectivity index (χ4n) is 1.30. The molecule has 0 radical (unpaired) electrons. The van der Waals surface area contributed by atoms with Crippen molar-refractivity contribution < 1.29 is 0 Å². The van der Waals surface area contributed by atoms with E-state index in [2.05, 4.69) is 29.5 Å². The van der Waals surface area contributed by atoms with Crippen molar-refractivity contribution in [2.75, 3.05) is 0 Å². The third-order valence-corrected chi connectivity index (χ3v) is 2.00. The average molecular weight is 133 g/mol. The van der Waals surface area contributed by atoms with E-state index >= 15 is 0 Å². The maximum absolute atomic E-state index is 3.74. The smallest absolute Gasteiger partial charge is 0.0251 e. The minimum atomic E-state index is 0.827. The summed E-state index contributed by atoms with van der Waals surface area (Å²) in [5, 5.41) is 0. The lowest BCUT2D eigenvalue weighted by atomic mass is 10.3. The third kappa shape index (κ3) is 0.783. The van der Waals surface area contributed by atoms with Gasteiger partial charge in [-0.05, 0) is 30.9 Å². The van der Waals surface area contributed by atoms with Crippen molar-refractivity contribution in [2.24, 2.45) is 0 Å². The molecule has 1 heterocycles. The van der Waals surface area contributed by atoms with E-state index in [1.165, 1.54) is 18.5 Å². The van der Waals surface area contributed by atoms with Gasteiger partial charge in [-0.2, -0.15) is 0 Å². The molecule has 1 heteroatoms. The number of aromatic nitrogens is 1. The Hall–Kier alpha value is -0.980. The van der Waals surface area contributed by atoms with Gasteiger partial charge in [0.1, 0.15) is 0 Å². The summed E-state index contributed by atoms with van der Waals surface area (Å²) in [6, 6.07) is 4.26. The van der Waals surface area contributed by atoms with Gasteiger partial charge in [0.15, 0.2) is 0 Å². The molecule has 0 bridgehead atoms. The van der Waals surface area contributed by atoms with Gasteiger partial charge in [-0.3, -0.25) is 0 Å². The molecular formula is C9H11N. The highest BCUT2D eigenvalue weighted by Crippen LogP contribution is 2.40. The lowest BCUT2D eigenvalue weighted by Gasteiger charge is -1.98. The highest BCUT2D eigenvalue weighted by atomic mass is 14.9. The summed E-state index contributed by atoms with van der Waals surface area (Å²) in [6.07, 6.45) is 6.64. The van der Waals surface area contributed by atoms with Gasteiger partial charge in [0.05, 0.1) is 0 Å². The summed E-state index contributed by atoms with van der Waals surface area (Å²) in [7, 11) is 0. The molecule has 0 amide bonds. The summed E-state index contributed by atoms with van der Waals surface area (Å²) in [6.45, 7) is 3.74. The van der Waals surface area contributed by atoms with Crippen LogP contribution in [0.4, 0.5) is 0 Å². The summed E-state index contributed by atoms with van der Waals surface area (Å²) in [5.74, 6) is 0.827. The Morgan fingerprint density at radius 3 is 3.00 bits per heavy atom. The molecule has 0 aromatic carbocycles. The van der Waals surface area contributed by atoms with Gasteiger partial charge in [0.2, 0.25) is 0 Å². The van der Waals surface area contributed by atoms with Gasteiger partial charge in [-0.15, -0.1) is 0 Å². The SMILES string of the molecule is C=Cn1cccc1C1CC1. The monoisotopic (exact) mass is 133 g/mol. The number of nitrogens with zero attached hydrogens (tertiary/aromatic N) is 1. The normalized spacial score (nSPS) is 17.2. The molecule has 1 aliphatic rings. The van der Waals surface area contributed by atoms with Crippen LogP contribution in [0.3, 0.4) is 0 Å². The van der Waals surface area contributed by atoms with Crippen molar-refractivity contribution in [1.29, 1.82) is 0 Å². The lowest BCUT2D eigenvalue weighted by molar-refractivity contribution is 0.968. The fraction of sp³-hybridized carbons (Fsp3) is 0.333. The molecule has 1 saturated carbocycles. The molecule has 52 valence electrons. The van der Waals surface area contributed by atoms with E-state index in [4.69, 9.17) is 0 Å². The van der Waals surface area contributed by atoms with Crippen LogP contribution in [0.1, 0.15) is 24.5 Å². The van der Waals surface area contributed by atoms with Gasteiger partial charge < -0.3 is 4.57 Å². The van der Waals surface area contributed by atoms with Crippen molar-refractivity contribution in [2.45, 2.75) is 18.8 Å². The highest BCUT2D eigenvalue weighted by molar-refractivity contribution is 5.29. The fourth-order valence-corrected chi connectivity index (χ4v) is 1.30. The van der Waals surface area contributed by atoms with Crippen LogP contribution in [0, 0.1) is 0 Å². The minimum Gasteiger partial charge on any atom is -0.328 e. The Bertz CT molecular complexity index is 243. The quantitative estimate of drug-likeness (QED) is 0.584. The molecule has 0 unspecified atom stereocenters. The Kier molecular flexibility index (Phi) is 1.16. The van der Waals surface area contributed by atoms with Crippen molar-refractivity contribution in [3.8, 4) is 0 Å². The minimum absolute atomic E-state index is 0.827. The van der Waals surface area contributed by atoms with Gasteiger partial charge in [0, 0.05) is 18.1 Å². The summed E-state index contributed by atoms with van der Waals surface area (Å²) < 4.78 is 2.11. The third-order valence-electron chi connectivity index (χ3n) is 2.00. The first kappa shape index (κ1) is 5.78. The first-order valence-corrected chi connectivity index (χ1v) is 3.71. The van der Waals surface area contributed by atoms with Crippen LogP contribution in [0.5, 0.6) is 0 Å². The summed E-state index contributed by atoms with van der Waals surface area (Å²) in [5.41, 5.74) is 1.43. The molecule has 2 rings (SSSR count). The Morgan fingerprint density at radius 2 is 2.40 bits per heavy atom. The van der Waals surface area contributed by atoms with Gasteiger partial charge >= 0.3 is 0 Å². The molecule has 1 nitrogen and oxygen atoms in total. The van der Waals surface area contributed by atoms with Crippen LogP contribution >= 0.6 is 0 Å². The molecule has 0 saturated heterocycles. The van der Waals surface area contributed by atoms with Gasteiger partial charge in [0.25, 0.3) is 0 Å². The number of hydrogen-bond donors (Lipinski definition) is 0.